The molecule has 0 spiro atoms. The maximum Gasteiger partial charge on any atom is 0.0538 e. The standard InChI is InChI=1S/C14H26N4/c1-2-8-18-11-13(10-16-18)14(17-15)9-12-6-4-3-5-7-12/h10-12,14,17H,2-9,15H2,1H3. The highest BCUT2D eigenvalue weighted by Gasteiger charge is 2.20. The SMILES string of the molecule is CCCn1cc(C(CC2CCCCC2)NN)cn1. The lowest BCUT2D eigenvalue weighted by molar-refractivity contribution is 0.301. The molecule has 0 amide bonds. The van der Waals surface area contributed by atoms with Crippen molar-refractivity contribution in [3.63, 3.8) is 0 Å². The minimum absolute atomic E-state index is 0.263. The molecule has 2 rings (SSSR count). The van der Waals surface area contributed by atoms with E-state index in [1.165, 1.54) is 37.7 Å². The van der Waals surface area contributed by atoms with Crippen LogP contribution in [0.4, 0.5) is 0 Å². The van der Waals surface area contributed by atoms with E-state index < -0.39 is 0 Å². The van der Waals surface area contributed by atoms with Crippen molar-refractivity contribution in [3.05, 3.63) is 18.0 Å². The van der Waals surface area contributed by atoms with Crippen LogP contribution in [0, 0.1) is 5.92 Å². The highest BCUT2D eigenvalue weighted by Crippen LogP contribution is 2.31. The second-order valence-corrected chi connectivity index (χ2v) is 5.50. The van der Waals surface area contributed by atoms with Gasteiger partial charge < -0.3 is 0 Å². The maximum absolute atomic E-state index is 5.72. The van der Waals surface area contributed by atoms with Crippen LogP contribution in [0.5, 0.6) is 0 Å². The number of nitrogens with zero attached hydrogens (tertiary/aromatic N) is 2. The zero-order valence-electron chi connectivity index (χ0n) is 11.4. The van der Waals surface area contributed by atoms with Gasteiger partial charge in [0.1, 0.15) is 0 Å². The van der Waals surface area contributed by atoms with Crippen molar-refractivity contribution in [3.8, 4) is 0 Å². The molecule has 4 heteroatoms. The zero-order chi connectivity index (χ0) is 12.8. The summed E-state index contributed by atoms with van der Waals surface area (Å²) in [6, 6.07) is 0.263. The average molecular weight is 250 g/mol. The first-order valence-electron chi connectivity index (χ1n) is 7.32. The normalized spacial score (nSPS) is 19.0. The van der Waals surface area contributed by atoms with E-state index in [0.717, 1.165) is 25.3 Å². The van der Waals surface area contributed by atoms with Gasteiger partial charge in [-0.25, -0.2) is 0 Å². The number of hydrogen-bond acceptors (Lipinski definition) is 3. The molecular formula is C14H26N4. The first-order chi connectivity index (χ1) is 8.83. The Morgan fingerprint density at radius 2 is 2.22 bits per heavy atom. The Labute approximate surface area is 110 Å². The van der Waals surface area contributed by atoms with E-state index >= 15 is 0 Å². The molecule has 0 radical (unpaired) electrons. The quantitative estimate of drug-likeness (QED) is 0.603. The van der Waals surface area contributed by atoms with E-state index in [2.05, 4.69) is 23.6 Å². The van der Waals surface area contributed by atoms with Crippen LogP contribution in [0.25, 0.3) is 0 Å². The van der Waals surface area contributed by atoms with Crippen molar-refractivity contribution in [1.29, 1.82) is 0 Å². The summed E-state index contributed by atoms with van der Waals surface area (Å²) < 4.78 is 2.01. The van der Waals surface area contributed by atoms with Gasteiger partial charge in [0.05, 0.1) is 6.20 Å². The molecule has 3 N–H and O–H groups in total. The molecule has 1 aromatic rings. The lowest BCUT2D eigenvalue weighted by atomic mass is 9.84. The summed E-state index contributed by atoms with van der Waals surface area (Å²) in [6.45, 7) is 3.16. The molecule has 0 aromatic carbocycles. The molecule has 0 saturated heterocycles. The monoisotopic (exact) mass is 250 g/mol. The third-order valence-corrected chi connectivity index (χ3v) is 4.00. The molecule has 1 aliphatic carbocycles. The minimum Gasteiger partial charge on any atom is -0.272 e. The smallest absolute Gasteiger partial charge is 0.0538 e. The second kappa shape index (κ2) is 6.90. The number of rotatable bonds is 6. The van der Waals surface area contributed by atoms with Crippen molar-refractivity contribution >= 4 is 0 Å². The third-order valence-electron chi connectivity index (χ3n) is 4.00. The van der Waals surface area contributed by atoms with E-state index in [9.17, 15) is 0 Å². The highest BCUT2D eigenvalue weighted by atomic mass is 15.3. The predicted octanol–water partition coefficient (Wildman–Crippen LogP) is 2.77. The van der Waals surface area contributed by atoms with Crippen LogP contribution in [-0.2, 0) is 6.54 Å². The molecule has 1 saturated carbocycles. The topological polar surface area (TPSA) is 55.9 Å². The van der Waals surface area contributed by atoms with Crippen LogP contribution in [-0.4, -0.2) is 9.78 Å². The fourth-order valence-corrected chi connectivity index (χ4v) is 2.97. The Hall–Kier alpha value is -0.870. The van der Waals surface area contributed by atoms with Gasteiger partial charge in [0.15, 0.2) is 0 Å². The van der Waals surface area contributed by atoms with Gasteiger partial charge in [-0.3, -0.25) is 16.0 Å². The summed E-state index contributed by atoms with van der Waals surface area (Å²) >= 11 is 0. The number of hydrogen-bond donors (Lipinski definition) is 2. The first-order valence-corrected chi connectivity index (χ1v) is 7.32. The molecule has 0 bridgehead atoms. The lowest BCUT2D eigenvalue weighted by Gasteiger charge is -2.25. The summed E-state index contributed by atoms with van der Waals surface area (Å²) in [5, 5.41) is 4.39. The van der Waals surface area contributed by atoms with E-state index in [1.54, 1.807) is 0 Å². The van der Waals surface area contributed by atoms with Gasteiger partial charge in [0.25, 0.3) is 0 Å². The predicted molar refractivity (Wildman–Crippen MR) is 73.8 cm³/mol. The maximum atomic E-state index is 5.72. The molecule has 1 aromatic heterocycles. The largest absolute Gasteiger partial charge is 0.272 e. The molecule has 18 heavy (non-hydrogen) atoms. The van der Waals surface area contributed by atoms with Gasteiger partial charge in [0, 0.05) is 24.3 Å². The number of aromatic nitrogens is 2. The number of hydrazine groups is 1. The Bertz CT molecular complexity index is 341. The lowest BCUT2D eigenvalue weighted by Crippen LogP contribution is -2.30. The Balaban J connectivity index is 1.93. The minimum atomic E-state index is 0.263. The van der Waals surface area contributed by atoms with Gasteiger partial charge in [-0.15, -0.1) is 0 Å². The number of aryl methyl sites for hydroxylation is 1. The van der Waals surface area contributed by atoms with Gasteiger partial charge >= 0.3 is 0 Å². The third kappa shape index (κ3) is 3.56. The van der Waals surface area contributed by atoms with E-state index in [4.69, 9.17) is 5.84 Å². The average Bonchev–Trinajstić information content (AvgIpc) is 2.86. The summed E-state index contributed by atoms with van der Waals surface area (Å²) in [5.41, 5.74) is 4.20. The van der Waals surface area contributed by atoms with Crippen molar-refractivity contribution in [2.75, 3.05) is 0 Å². The first kappa shape index (κ1) is 13.6. The fourth-order valence-electron chi connectivity index (χ4n) is 2.97. The van der Waals surface area contributed by atoms with Crippen LogP contribution in [0.1, 0.15) is 63.5 Å². The van der Waals surface area contributed by atoms with E-state index in [0.29, 0.717) is 0 Å². The second-order valence-electron chi connectivity index (χ2n) is 5.50. The summed E-state index contributed by atoms with van der Waals surface area (Å²) in [7, 11) is 0. The van der Waals surface area contributed by atoms with Gasteiger partial charge in [0.2, 0.25) is 0 Å². The van der Waals surface area contributed by atoms with Gasteiger partial charge in [-0.1, -0.05) is 39.0 Å². The summed E-state index contributed by atoms with van der Waals surface area (Å²) in [6.07, 6.45) is 13.3. The molecule has 1 fully saturated rings. The van der Waals surface area contributed by atoms with E-state index in [-0.39, 0.29) is 6.04 Å². The molecule has 1 aliphatic rings. The highest BCUT2D eigenvalue weighted by molar-refractivity contribution is 5.10. The van der Waals surface area contributed by atoms with Gasteiger partial charge in [-0.05, 0) is 18.8 Å². The Morgan fingerprint density at radius 1 is 1.44 bits per heavy atom. The molecule has 1 unspecified atom stereocenters. The van der Waals surface area contributed by atoms with Crippen LogP contribution < -0.4 is 11.3 Å². The van der Waals surface area contributed by atoms with Crippen molar-refractivity contribution < 1.29 is 0 Å². The summed E-state index contributed by atoms with van der Waals surface area (Å²) in [4.78, 5) is 0. The van der Waals surface area contributed by atoms with Crippen LogP contribution in [0.15, 0.2) is 12.4 Å². The van der Waals surface area contributed by atoms with Crippen molar-refractivity contribution in [2.45, 2.75) is 64.5 Å². The molecule has 1 atom stereocenters. The van der Waals surface area contributed by atoms with Crippen LogP contribution in [0.2, 0.25) is 0 Å². The number of nitrogens with two attached hydrogens (primary N) is 1. The number of nitrogens with one attached hydrogen (secondary N) is 1. The van der Waals surface area contributed by atoms with Crippen molar-refractivity contribution in [2.24, 2.45) is 11.8 Å². The molecule has 102 valence electrons. The molecule has 0 aliphatic heterocycles. The molecule has 4 nitrogen and oxygen atoms in total. The Morgan fingerprint density at radius 3 is 2.89 bits per heavy atom. The van der Waals surface area contributed by atoms with Crippen LogP contribution >= 0.6 is 0 Å². The van der Waals surface area contributed by atoms with E-state index in [1.807, 2.05) is 10.9 Å². The summed E-state index contributed by atoms with van der Waals surface area (Å²) in [5.74, 6) is 6.55. The Kier molecular flexibility index (Phi) is 5.20. The van der Waals surface area contributed by atoms with Crippen LogP contribution in [0.3, 0.4) is 0 Å². The zero-order valence-corrected chi connectivity index (χ0v) is 11.4. The molecule has 1 heterocycles. The fraction of sp³-hybridized carbons (Fsp3) is 0.786. The van der Waals surface area contributed by atoms with Gasteiger partial charge in [-0.2, -0.15) is 5.10 Å². The molecular weight excluding hydrogens is 224 g/mol. The van der Waals surface area contributed by atoms with Crippen molar-refractivity contribution in [1.82, 2.24) is 15.2 Å².